The van der Waals surface area contributed by atoms with Gasteiger partial charge < -0.3 is 15.1 Å². The van der Waals surface area contributed by atoms with Gasteiger partial charge in [-0.15, -0.1) is 0 Å². The SMILES string of the molecule is CCC(NC(=O)NCc1ccco1)N1C(=O)C2CCCCC2C1=O. The third-order valence-electron chi connectivity index (χ3n) is 4.87. The largest absolute Gasteiger partial charge is 0.467 e. The summed E-state index contributed by atoms with van der Waals surface area (Å²) in [5.74, 6) is -0.0372. The minimum atomic E-state index is -0.604. The molecule has 2 N–H and O–H groups in total. The number of imide groups is 1. The Morgan fingerprint density at radius 1 is 1.29 bits per heavy atom. The van der Waals surface area contributed by atoms with Gasteiger partial charge in [0.1, 0.15) is 11.9 Å². The summed E-state index contributed by atoms with van der Waals surface area (Å²) in [5.41, 5.74) is 0. The average Bonchev–Trinajstić information content (AvgIpc) is 3.20. The van der Waals surface area contributed by atoms with Crippen molar-refractivity contribution in [1.29, 1.82) is 0 Å². The standard InChI is InChI=1S/C17H23N3O4/c1-2-14(19-17(23)18-10-11-6-5-9-24-11)20-15(21)12-7-3-4-8-13(12)16(20)22/h5-6,9,12-14H,2-4,7-8,10H2,1H3,(H2,18,19,23). The summed E-state index contributed by atoms with van der Waals surface area (Å²) in [5, 5.41) is 5.41. The van der Waals surface area contributed by atoms with Crippen LogP contribution in [0.15, 0.2) is 22.8 Å². The van der Waals surface area contributed by atoms with E-state index in [1.807, 2.05) is 6.92 Å². The average molecular weight is 333 g/mol. The van der Waals surface area contributed by atoms with Crippen LogP contribution in [0.25, 0.3) is 0 Å². The predicted octanol–water partition coefficient (Wildman–Crippen LogP) is 1.99. The molecular weight excluding hydrogens is 310 g/mol. The normalized spacial score (nSPS) is 24.6. The van der Waals surface area contributed by atoms with E-state index in [-0.39, 0.29) is 30.2 Å². The number of hydrogen-bond acceptors (Lipinski definition) is 4. The molecule has 3 rings (SSSR count). The lowest BCUT2D eigenvalue weighted by Gasteiger charge is -2.26. The fourth-order valence-electron chi connectivity index (χ4n) is 3.63. The highest BCUT2D eigenvalue weighted by Crippen LogP contribution is 2.38. The van der Waals surface area contributed by atoms with Crippen LogP contribution in [0, 0.1) is 11.8 Å². The molecule has 1 saturated heterocycles. The van der Waals surface area contributed by atoms with Crippen molar-refractivity contribution in [1.82, 2.24) is 15.5 Å². The van der Waals surface area contributed by atoms with Gasteiger partial charge in [0.15, 0.2) is 0 Å². The molecular formula is C17H23N3O4. The van der Waals surface area contributed by atoms with Crippen LogP contribution in [0.4, 0.5) is 4.79 Å². The second-order valence-corrected chi connectivity index (χ2v) is 6.37. The number of furan rings is 1. The Hall–Kier alpha value is -2.31. The lowest BCUT2D eigenvalue weighted by molar-refractivity contribution is -0.143. The van der Waals surface area contributed by atoms with Crippen molar-refractivity contribution in [2.45, 2.75) is 51.7 Å². The van der Waals surface area contributed by atoms with Gasteiger partial charge in [-0.25, -0.2) is 4.79 Å². The molecule has 3 unspecified atom stereocenters. The van der Waals surface area contributed by atoms with E-state index >= 15 is 0 Å². The van der Waals surface area contributed by atoms with Crippen molar-refractivity contribution in [2.24, 2.45) is 11.8 Å². The van der Waals surface area contributed by atoms with E-state index in [0.29, 0.717) is 12.2 Å². The van der Waals surface area contributed by atoms with E-state index in [0.717, 1.165) is 25.7 Å². The second-order valence-electron chi connectivity index (χ2n) is 6.37. The van der Waals surface area contributed by atoms with Crippen LogP contribution in [-0.4, -0.2) is 28.9 Å². The first kappa shape index (κ1) is 16.5. The topological polar surface area (TPSA) is 91.7 Å². The summed E-state index contributed by atoms with van der Waals surface area (Å²) in [6.45, 7) is 2.10. The van der Waals surface area contributed by atoms with Gasteiger partial charge in [0.05, 0.1) is 24.6 Å². The Morgan fingerprint density at radius 3 is 2.50 bits per heavy atom. The lowest BCUT2D eigenvalue weighted by Crippen LogP contribution is -2.53. The second kappa shape index (κ2) is 7.07. The van der Waals surface area contributed by atoms with Crippen LogP contribution in [0.5, 0.6) is 0 Å². The highest BCUT2D eigenvalue weighted by molar-refractivity contribution is 6.05. The van der Waals surface area contributed by atoms with Crippen molar-refractivity contribution in [2.75, 3.05) is 0 Å². The zero-order chi connectivity index (χ0) is 17.1. The maximum absolute atomic E-state index is 12.6. The van der Waals surface area contributed by atoms with Crippen molar-refractivity contribution < 1.29 is 18.8 Å². The molecule has 24 heavy (non-hydrogen) atoms. The number of carbonyl (C=O) groups is 3. The number of nitrogens with one attached hydrogen (secondary N) is 2. The smallest absolute Gasteiger partial charge is 0.316 e. The molecule has 2 heterocycles. The molecule has 1 aromatic rings. The Bertz CT molecular complexity index is 589. The van der Waals surface area contributed by atoms with Crippen molar-refractivity contribution in [3.63, 3.8) is 0 Å². The first-order chi connectivity index (χ1) is 11.6. The summed E-state index contributed by atoms with van der Waals surface area (Å²) in [6.07, 6.45) is 4.92. The van der Waals surface area contributed by atoms with Crippen LogP contribution in [0.1, 0.15) is 44.8 Å². The number of nitrogens with zero attached hydrogens (tertiary/aromatic N) is 1. The number of urea groups is 1. The number of fused-ring (bicyclic) bond motifs is 1. The molecule has 2 fully saturated rings. The number of carbonyl (C=O) groups excluding carboxylic acids is 3. The van der Waals surface area contributed by atoms with Crippen molar-refractivity contribution >= 4 is 17.8 Å². The van der Waals surface area contributed by atoms with E-state index in [1.54, 1.807) is 12.1 Å². The molecule has 0 spiro atoms. The highest BCUT2D eigenvalue weighted by atomic mass is 16.3. The van der Waals surface area contributed by atoms with Gasteiger partial charge in [0.2, 0.25) is 11.8 Å². The fraction of sp³-hybridized carbons (Fsp3) is 0.588. The first-order valence-electron chi connectivity index (χ1n) is 8.55. The monoisotopic (exact) mass is 333 g/mol. The number of likely N-dealkylation sites (tertiary alicyclic amines) is 1. The molecule has 3 atom stereocenters. The predicted molar refractivity (Wildman–Crippen MR) is 85.5 cm³/mol. The van der Waals surface area contributed by atoms with Crippen molar-refractivity contribution in [3.05, 3.63) is 24.2 Å². The Balaban J connectivity index is 1.61. The minimum absolute atomic E-state index is 0.136. The van der Waals surface area contributed by atoms with Crippen LogP contribution in [0.2, 0.25) is 0 Å². The minimum Gasteiger partial charge on any atom is -0.467 e. The van der Waals surface area contributed by atoms with Gasteiger partial charge in [-0.3, -0.25) is 14.5 Å². The third kappa shape index (κ3) is 3.16. The molecule has 1 aromatic heterocycles. The van der Waals surface area contributed by atoms with Gasteiger partial charge in [0, 0.05) is 0 Å². The van der Waals surface area contributed by atoms with Crippen molar-refractivity contribution in [3.8, 4) is 0 Å². The van der Waals surface area contributed by atoms with Gasteiger partial charge in [-0.05, 0) is 31.4 Å². The molecule has 1 aliphatic carbocycles. The summed E-state index contributed by atoms with van der Waals surface area (Å²) < 4.78 is 5.15. The fourth-order valence-corrected chi connectivity index (χ4v) is 3.63. The summed E-state index contributed by atoms with van der Waals surface area (Å²) in [7, 11) is 0. The highest BCUT2D eigenvalue weighted by Gasteiger charge is 2.50. The zero-order valence-electron chi connectivity index (χ0n) is 13.8. The van der Waals surface area contributed by atoms with E-state index in [1.165, 1.54) is 11.2 Å². The molecule has 4 amide bonds. The summed E-state index contributed by atoms with van der Waals surface area (Å²) in [4.78, 5) is 38.5. The Labute approximate surface area is 140 Å². The third-order valence-corrected chi connectivity index (χ3v) is 4.87. The Kier molecular flexibility index (Phi) is 4.87. The van der Waals surface area contributed by atoms with E-state index in [4.69, 9.17) is 4.42 Å². The van der Waals surface area contributed by atoms with Crippen LogP contribution < -0.4 is 10.6 Å². The van der Waals surface area contributed by atoms with E-state index in [2.05, 4.69) is 10.6 Å². The molecule has 130 valence electrons. The van der Waals surface area contributed by atoms with Crippen LogP contribution in [0.3, 0.4) is 0 Å². The van der Waals surface area contributed by atoms with Gasteiger partial charge in [-0.2, -0.15) is 0 Å². The summed E-state index contributed by atoms with van der Waals surface area (Å²) in [6, 6.07) is 3.08. The van der Waals surface area contributed by atoms with Crippen LogP contribution in [-0.2, 0) is 16.1 Å². The van der Waals surface area contributed by atoms with E-state index < -0.39 is 12.2 Å². The van der Waals surface area contributed by atoms with Crippen LogP contribution >= 0.6 is 0 Å². The van der Waals surface area contributed by atoms with E-state index in [9.17, 15) is 14.4 Å². The first-order valence-corrected chi connectivity index (χ1v) is 8.55. The maximum atomic E-state index is 12.6. The Morgan fingerprint density at radius 2 is 1.96 bits per heavy atom. The molecule has 1 aliphatic heterocycles. The molecule has 1 saturated carbocycles. The molecule has 0 bridgehead atoms. The quantitative estimate of drug-likeness (QED) is 0.806. The van der Waals surface area contributed by atoms with Gasteiger partial charge >= 0.3 is 6.03 Å². The zero-order valence-corrected chi connectivity index (χ0v) is 13.8. The molecule has 0 radical (unpaired) electrons. The van der Waals surface area contributed by atoms with Gasteiger partial charge in [-0.1, -0.05) is 19.8 Å². The summed E-state index contributed by atoms with van der Waals surface area (Å²) >= 11 is 0. The molecule has 7 nitrogen and oxygen atoms in total. The molecule has 2 aliphatic rings. The number of rotatable bonds is 5. The molecule has 7 heteroatoms. The lowest BCUT2D eigenvalue weighted by atomic mass is 9.81. The maximum Gasteiger partial charge on any atom is 0.316 e. The number of amides is 4. The number of hydrogen-bond donors (Lipinski definition) is 2. The molecule has 0 aromatic carbocycles. The van der Waals surface area contributed by atoms with Gasteiger partial charge in [0.25, 0.3) is 0 Å².